The largest absolute Gasteiger partial charge is 0.195 e. The molecule has 152 valence electrons. The molecule has 0 aliphatic carbocycles. The average Bonchev–Trinajstić information content (AvgIpc) is 2.73. The van der Waals surface area contributed by atoms with Gasteiger partial charge in [-0.2, -0.15) is 21.9 Å². The van der Waals surface area contributed by atoms with Crippen LogP contribution in [0.1, 0.15) is 22.3 Å². The molecule has 4 aromatic carbocycles. The van der Waals surface area contributed by atoms with Crippen LogP contribution >= 0.6 is 9.90 Å². The van der Waals surface area contributed by atoms with Gasteiger partial charge in [0.2, 0.25) is 0 Å². The number of hydrogen-bond acceptors (Lipinski definition) is 0. The van der Waals surface area contributed by atoms with Gasteiger partial charge in [0.15, 0.2) is 0 Å². The molecule has 0 aromatic heterocycles. The highest BCUT2D eigenvalue weighted by atomic mass is 31.0. The Morgan fingerprint density at radius 1 is 0.333 bits per heavy atom. The molecule has 0 saturated carbocycles. The first-order chi connectivity index (χ1) is 14.0. The van der Waals surface area contributed by atoms with Crippen molar-refractivity contribution in [3.05, 3.63) is 119 Å². The maximum Gasteiger partial charge on any atom is 0.108 e. The van der Waals surface area contributed by atoms with Crippen LogP contribution in [0.15, 0.2) is 97.1 Å². The van der Waals surface area contributed by atoms with Crippen molar-refractivity contribution in [3.8, 4) is 0 Å². The third-order valence-corrected chi connectivity index (χ3v) is 6.31. The molecular formula is C28H32BP. The number of aryl methyl sites for hydroxylation is 4. The summed E-state index contributed by atoms with van der Waals surface area (Å²) in [5.74, 6) is 0. The second kappa shape index (κ2) is 9.03. The highest BCUT2D eigenvalue weighted by Crippen LogP contribution is 2.12. The quantitative estimate of drug-likeness (QED) is 0.351. The molecule has 0 radical (unpaired) electrons. The molecule has 0 heterocycles. The van der Waals surface area contributed by atoms with Crippen LogP contribution in [0.3, 0.4) is 0 Å². The van der Waals surface area contributed by atoms with E-state index >= 15 is 0 Å². The number of rotatable bonds is 4. The van der Waals surface area contributed by atoms with E-state index in [0.29, 0.717) is 0 Å². The molecule has 4 rings (SSSR count). The van der Waals surface area contributed by atoms with Crippen LogP contribution < -0.4 is 21.9 Å². The van der Waals surface area contributed by atoms with Crippen molar-refractivity contribution in [1.29, 1.82) is 0 Å². The summed E-state index contributed by atoms with van der Waals surface area (Å²) in [5, 5.41) is 0. The van der Waals surface area contributed by atoms with Gasteiger partial charge in [-0.15, -0.1) is 0 Å². The van der Waals surface area contributed by atoms with E-state index in [1.807, 2.05) is 0 Å². The van der Waals surface area contributed by atoms with Crippen molar-refractivity contribution < 1.29 is 0 Å². The minimum absolute atomic E-state index is 0. The molecule has 4 aromatic rings. The molecule has 0 spiro atoms. The molecule has 1 unspecified atom stereocenters. The average molecular weight is 410 g/mol. The third kappa shape index (κ3) is 4.00. The predicted octanol–water partition coefficient (Wildman–Crippen LogP) is 4.09. The van der Waals surface area contributed by atoms with Crippen LogP contribution in [0.2, 0.25) is 0 Å². The summed E-state index contributed by atoms with van der Waals surface area (Å²) in [6.45, 7) is 8.62. The lowest BCUT2D eigenvalue weighted by molar-refractivity contribution is 1.46. The lowest BCUT2D eigenvalue weighted by Gasteiger charge is -2.44. The Morgan fingerprint density at radius 3 is 0.667 bits per heavy atom. The zero-order valence-electron chi connectivity index (χ0n) is 18.8. The van der Waals surface area contributed by atoms with Gasteiger partial charge in [-0.25, -0.2) is 0 Å². The van der Waals surface area contributed by atoms with Gasteiger partial charge < -0.3 is 0 Å². The van der Waals surface area contributed by atoms with Gasteiger partial charge in [0.05, 0.1) is 0 Å². The van der Waals surface area contributed by atoms with Gasteiger partial charge in [-0.05, 0) is 37.6 Å². The Balaban J connectivity index is 0.00000256. The van der Waals surface area contributed by atoms with E-state index in [4.69, 9.17) is 0 Å². The normalized spacial score (nSPS) is 11.1. The first kappa shape index (κ1) is 22.1. The van der Waals surface area contributed by atoms with Gasteiger partial charge in [0, 0.05) is 0 Å². The molecule has 0 aliphatic heterocycles. The van der Waals surface area contributed by atoms with Gasteiger partial charge >= 0.3 is 0 Å². The van der Waals surface area contributed by atoms with Crippen molar-refractivity contribution in [3.63, 3.8) is 0 Å². The maximum atomic E-state index is 2.31. The lowest BCUT2D eigenvalue weighted by atomic mass is 9.13. The van der Waals surface area contributed by atoms with Gasteiger partial charge in [-0.1, -0.05) is 119 Å². The van der Waals surface area contributed by atoms with Gasteiger partial charge in [-0.3, -0.25) is 0 Å². The van der Waals surface area contributed by atoms with Crippen molar-refractivity contribution in [2.45, 2.75) is 27.7 Å². The Bertz CT molecular complexity index is 906. The maximum absolute atomic E-state index is 2.31. The van der Waals surface area contributed by atoms with Crippen LogP contribution in [-0.2, 0) is 0 Å². The van der Waals surface area contributed by atoms with Crippen LogP contribution in [0.5, 0.6) is 0 Å². The summed E-state index contributed by atoms with van der Waals surface area (Å²) < 4.78 is 0. The third-order valence-electron chi connectivity index (χ3n) is 6.31. The van der Waals surface area contributed by atoms with Crippen LogP contribution in [-0.4, -0.2) is 6.15 Å². The summed E-state index contributed by atoms with van der Waals surface area (Å²) in [6, 6.07) is 36.4. The Hall–Kier alpha value is -2.63. The zero-order chi connectivity index (χ0) is 20.4. The van der Waals surface area contributed by atoms with Gasteiger partial charge in [0.1, 0.15) is 6.15 Å². The number of benzene rings is 4. The minimum Gasteiger partial charge on any atom is -0.195 e. The number of hydrogen-bond donors (Lipinski definition) is 0. The fraction of sp³-hybridized carbons (Fsp3) is 0.143. The summed E-state index contributed by atoms with van der Waals surface area (Å²) in [5.41, 5.74) is 10.6. The molecule has 0 aliphatic rings. The standard InChI is InChI=1S/C28H28B.H3P/c1-21-5-13-25(14-6-21)29(26-15-7-22(2)8-16-26,27-17-9-23(3)10-18-27)28-19-11-24(4)12-20-28;/h5-20H,1-4H3;1H3/q-1;/p+1. The van der Waals surface area contributed by atoms with Crippen molar-refractivity contribution in [1.82, 2.24) is 0 Å². The second-order valence-corrected chi connectivity index (χ2v) is 8.51. The van der Waals surface area contributed by atoms with Gasteiger partial charge in [0.25, 0.3) is 0 Å². The van der Waals surface area contributed by atoms with E-state index in [9.17, 15) is 0 Å². The summed E-state index contributed by atoms with van der Waals surface area (Å²) in [6.07, 6.45) is -1.27. The first-order valence-electron chi connectivity index (χ1n) is 10.4. The molecule has 1 atom stereocenters. The van der Waals surface area contributed by atoms with Crippen molar-refractivity contribution in [2.75, 3.05) is 0 Å². The fourth-order valence-electron chi connectivity index (χ4n) is 4.58. The molecule has 0 fully saturated rings. The monoisotopic (exact) mass is 410 g/mol. The molecule has 30 heavy (non-hydrogen) atoms. The van der Waals surface area contributed by atoms with Crippen LogP contribution in [0.25, 0.3) is 0 Å². The van der Waals surface area contributed by atoms with Crippen molar-refractivity contribution >= 4 is 37.9 Å². The molecule has 0 bridgehead atoms. The van der Waals surface area contributed by atoms with E-state index in [1.54, 1.807) is 0 Å². The second-order valence-electron chi connectivity index (χ2n) is 8.51. The zero-order valence-corrected chi connectivity index (χ0v) is 20.8. The molecule has 2 heteroatoms. The van der Waals surface area contributed by atoms with E-state index in [2.05, 4.69) is 125 Å². The first-order valence-corrected chi connectivity index (χ1v) is 10.4. The molecule has 0 N–H and O–H groups in total. The predicted molar refractivity (Wildman–Crippen MR) is 142 cm³/mol. The van der Waals surface area contributed by atoms with E-state index in [-0.39, 0.29) is 9.90 Å². The van der Waals surface area contributed by atoms with E-state index in [0.717, 1.165) is 0 Å². The van der Waals surface area contributed by atoms with Crippen molar-refractivity contribution in [2.24, 2.45) is 0 Å². The highest BCUT2D eigenvalue weighted by molar-refractivity contribution is 7.19. The Kier molecular flexibility index (Phi) is 6.64. The van der Waals surface area contributed by atoms with E-state index < -0.39 is 6.15 Å². The summed E-state index contributed by atoms with van der Waals surface area (Å²) >= 11 is 0. The molecular weight excluding hydrogens is 378 g/mol. The van der Waals surface area contributed by atoms with Crippen LogP contribution in [0.4, 0.5) is 0 Å². The summed E-state index contributed by atoms with van der Waals surface area (Å²) in [7, 11) is 0. The minimum atomic E-state index is -1.27. The smallest absolute Gasteiger partial charge is 0.108 e. The van der Waals surface area contributed by atoms with E-state index in [1.165, 1.54) is 44.1 Å². The SMILES string of the molecule is Cc1ccc([B-](c2ccc(C)cc2)(c2ccc(C)cc2)c2ccc(C)cc2)cc1.[PH4+]. The molecule has 0 amide bonds. The summed E-state index contributed by atoms with van der Waals surface area (Å²) in [4.78, 5) is 0. The highest BCUT2D eigenvalue weighted by Gasteiger charge is 2.31. The topological polar surface area (TPSA) is 0 Å². The Labute approximate surface area is 184 Å². The molecule has 0 nitrogen and oxygen atoms in total. The molecule has 0 saturated heterocycles. The Morgan fingerprint density at radius 2 is 0.500 bits per heavy atom. The van der Waals surface area contributed by atoms with Crippen LogP contribution in [0, 0.1) is 27.7 Å². The fourth-order valence-corrected chi connectivity index (χ4v) is 4.58. The lowest BCUT2D eigenvalue weighted by Crippen LogP contribution is -2.74.